The molecule has 0 saturated carbocycles. The quantitative estimate of drug-likeness (QED) is 0.321. The van der Waals surface area contributed by atoms with E-state index >= 15 is 0 Å². The normalized spacial score (nSPS) is 12.2. The predicted octanol–water partition coefficient (Wildman–Crippen LogP) is 6.30. The van der Waals surface area contributed by atoms with Gasteiger partial charge in [-0.1, -0.05) is 72.8 Å². The Labute approximate surface area is 199 Å². The molecule has 0 atom stereocenters. The lowest BCUT2D eigenvalue weighted by Crippen LogP contribution is -2.23. The van der Waals surface area contributed by atoms with E-state index in [1.807, 2.05) is 30.3 Å². The summed E-state index contributed by atoms with van der Waals surface area (Å²) < 4.78 is 0. The molecule has 0 amide bonds. The highest BCUT2D eigenvalue weighted by atomic mass is 16.1. The monoisotopic (exact) mass is 446 g/mol. The highest BCUT2D eigenvalue weighted by Gasteiger charge is 2.32. The molecule has 1 aliphatic carbocycles. The average molecular weight is 447 g/mol. The largest absolute Gasteiger partial charge is 0.379 e. The lowest BCUT2D eigenvalue weighted by Gasteiger charge is -2.24. The maximum Gasteiger partial charge on any atom is 0.196 e. The van der Waals surface area contributed by atoms with Gasteiger partial charge in [-0.15, -0.1) is 0 Å². The van der Waals surface area contributed by atoms with Crippen molar-refractivity contribution < 1.29 is 9.59 Å². The number of carbonyl (C=O) groups excluding carboxylic acids is 2. The van der Waals surface area contributed by atoms with Crippen molar-refractivity contribution in [1.82, 2.24) is 0 Å². The van der Waals surface area contributed by atoms with E-state index in [1.165, 1.54) is 16.7 Å². The Bertz CT molecular complexity index is 1420. The summed E-state index contributed by atoms with van der Waals surface area (Å²) >= 11 is 0. The number of carbonyl (C=O) groups is 2. The molecular formula is C30H26N2O2. The Hall–Kier alpha value is -4.18. The lowest BCUT2D eigenvalue weighted by atomic mass is 9.82. The number of benzene rings is 4. The van der Waals surface area contributed by atoms with E-state index in [2.05, 4.69) is 48.7 Å². The van der Waals surface area contributed by atoms with Crippen molar-refractivity contribution in [1.29, 1.82) is 0 Å². The smallest absolute Gasteiger partial charge is 0.196 e. The third-order valence-corrected chi connectivity index (χ3v) is 6.54. The van der Waals surface area contributed by atoms with E-state index in [9.17, 15) is 9.59 Å². The fraction of sp³-hybridized carbons (Fsp3) is 0.133. The van der Waals surface area contributed by atoms with Crippen LogP contribution in [0.2, 0.25) is 0 Å². The summed E-state index contributed by atoms with van der Waals surface area (Å²) in [6.45, 7) is 5.31. The van der Waals surface area contributed by atoms with Crippen LogP contribution in [-0.2, 0) is 13.1 Å². The third-order valence-electron chi connectivity index (χ3n) is 6.54. The van der Waals surface area contributed by atoms with E-state index < -0.39 is 0 Å². The number of ketones is 2. The second kappa shape index (κ2) is 8.99. The Morgan fingerprint density at radius 3 is 1.71 bits per heavy atom. The first-order valence-electron chi connectivity index (χ1n) is 11.5. The molecule has 4 nitrogen and oxygen atoms in total. The van der Waals surface area contributed by atoms with Gasteiger partial charge in [-0.25, -0.2) is 0 Å². The zero-order valence-corrected chi connectivity index (χ0v) is 19.3. The van der Waals surface area contributed by atoms with Crippen molar-refractivity contribution in [2.24, 2.45) is 0 Å². The topological polar surface area (TPSA) is 58.2 Å². The van der Waals surface area contributed by atoms with Gasteiger partial charge in [0.25, 0.3) is 0 Å². The SMILES string of the molecule is Cc1ccccc1CNc1ccc2c(c1NCc1ccccc1C)C(=O)c1ccccc1C2=O. The summed E-state index contributed by atoms with van der Waals surface area (Å²) in [5.74, 6) is -0.244. The number of hydrogen-bond donors (Lipinski definition) is 2. The molecule has 0 heterocycles. The number of rotatable bonds is 6. The molecule has 1 aliphatic rings. The predicted molar refractivity (Wildman–Crippen MR) is 137 cm³/mol. The molecule has 0 radical (unpaired) electrons. The van der Waals surface area contributed by atoms with Crippen LogP contribution in [0.4, 0.5) is 11.4 Å². The lowest BCUT2D eigenvalue weighted by molar-refractivity contribution is 0.0979. The number of aryl methyl sites for hydroxylation is 2. The maximum absolute atomic E-state index is 13.6. The molecule has 0 saturated heterocycles. The Kier molecular flexibility index (Phi) is 5.72. The van der Waals surface area contributed by atoms with Crippen molar-refractivity contribution in [3.05, 3.63) is 129 Å². The summed E-state index contributed by atoms with van der Waals surface area (Å²) in [7, 11) is 0. The summed E-state index contributed by atoms with van der Waals surface area (Å²) in [5.41, 5.74) is 7.95. The Morgan fingerprint density at radius 1 is 0.559 bits per heavy atom. The van der Waals surface area contributed by atoms with Gasteiger partial charge in [0.2, 0.25) is 0 Å². The van der Waals surface area contributed by atoms with Crippen LogP contribution >= 0.6 is 0 Å². The van der Waals surface area contributed by atoms with Gasteiger partial charge in [-0.2, -0.15) is 0 Å². The first-order chi connectivity index (χ1) is 16.5. The Balaban J connectivity index is 1.57. The van der Waals surface area contributed by atoms with Gasteiger partial charge in [0.05, 0.1) is 16.9 Å². The van der Waals surface area contributed by atoms with Gasteiger partial charge in [0.15, 0.2) is 11.6 Å². The number of fused-ring (bicyclic) bond motifs is 2. The molecule has 4 aromatic rings. The fourth-order valence-electron chi connectivity index (χ4n) is 4.51. The first kappa shape index (κ1) is 21.7. The second-order valence-corrected chi connectivity index (χ2v) is 8.67. The summed E-state index contributed by atoms with van der Waals surface area (Å²) in [6.07, 6.45) is 0. The van der Waals surface area contributed by atoms with Crippen LogP contribution in [-0.4, -0.2) is 11.6 Å². The average Bonchev–Trinajstić information content (AvgIpc) is 2.86. The third kappa shape index (κ3) is 3.88. The summed E-state index contributed by atoms with van der Waals surface area (Å²) in [5, 5.41) is 7.00. The molecule has 0 unspecified atom stereocenters. The molecule has 0 aliphatic heterocycles. The van der Waals surface area contributed by atoms with E-state index in [0.717, 1.165) is 11.3 Å². The molecule has 34 heavy (non-hydrogen) atoms. The van der Waals surface area contributed by atoms with Gasteiger partial charge >= 0.3 is 0 Å². The molecule has 0 bridgehead atoms. The minimum Gasteiger partial charge on any atom is -0.379 e. The van der Waals surface area contributed by atoms with Crippen molar-refractivity contribution >= 4 is 22.9 Å². The van der Waals surface area contributed by atoms with Crippen LogP contribution in [0.25, 0.3) is 0 Å². The minimum atomic E-state index is -0.128. The highest BCUT2D eigenvalue weighted by Crippen LogP contribution is 2.37. The van der Waals surface area contributed by atoms with Gasteiger partial charge in [0, 0.05) is 29.8 Å². The number of nitrogens with one attached hydrogen (secondary N) is 2. The molecule has 168 valence electrons. The molecule has 0 spiro atoms. The van der Waals surface area contributed by atoms with Crippen molar-refractivity contribution in [3.63, 3.8) is 0 Å². The van der Waals surface area contributed by atoms with Gasteiger partial charge in [-0.3, -0.25) is 9.59 Å². The molecule has 4 heteroatoms. The summed E-state index contributed by atoms with van der Waals surface area (Å²) in [4.78, 5) is 26.9. The highest BCUT2D eigenvalue weighted by molar-refractivity contribution is 6.30. The molecule has 4 aromatic carbocycles. The first-order valence-corrected chi connectivity index (χ1v) is 11.5. The molecule has 5 rings (SSSR count). The summed E-state index contributed by atoms with van der Waals surface area (Å²) in [6, 6.07) is 27.1. The zero-order chi connectivity index (χ0) is 23.7. The van der Waals surface area contributed by atoms with Crippen molar-refractivity contribution in [3.8, 4) is 0 Å². The van der Waals surface area contributed by atoms with Crippen LogP contribution in [0.5, 0.6) is 0 Å². The molecule has 0 fully saturated rings. The molecular weight excluding hydrogens is 420 g/mol. The van der Waals surface area contributed by atoms with Crippen molar-refractivity contribution in [2.45, 2.75) is 26.9 Å². The van der Waals surface area contributed by atoms with E-state index in [1.54, 1.807) is 30.3 Å². The standard InChI is InChI=1S/C30H26N2O2/c1-19-9-3-5-11-21(19)17-31-26-16-15-25-27(28(26)32-18-22-12-6-4-10-20(22)2)30(34)24-14-8-7-13-23(24)29(25)33/h3-16,31-32H,17-18H2,1-2H3. The van der Waals surface area contributed by atoms with E-state index in [0.29, 0.717) is 41.0 Å². The number of anilines is 2. The molecule has 2 N–H and O–H groups in total. The Morgan fingerprint density at radius 2 is 1.09 bits per heavy atom. The van der Waals surface area contributed by atoms with Crippen LogP contribution in [0.1, 0.15) is 54.1 Å². The number of hydrogen-bond acceptors (Lipinski definition) is 4. The van der Waals surface area contributed by atoms with Gasteiger partial charge < -0.3 is 10.6 Å². The fourth-order valence-corrected chi connectivity index (χ4v) is 4.51. The zero-order valence-electron chi connectivity index (χ0n) is 19.3. The van der Waals surface area contributed by atoms with Crippen LogP contribution in [0.15, 0.2) is 84.9 Å². The molecule has 0 aromatic heterocycles. The van der Waals surface area contributed by atoms with Crippen molar-refractivity contribution in [2.75, 3.05) is 10.6 Å². The second-order valence-electron chi connectivity index (χ2n) is 8.67. The maximum atomic E-state index is 13.6. The van der Waals surface area contributed by atoms with Gasteiger partial charge in [-0.05, 0) is 48.2 Å². The van der Waals surface area contributed by atoms with Crippen LogP contribution in [0.3, 0.4) is 0 Å². The van der Waals surface area contributed by atoms with Crippen LogP contribution < -0.4 is 10.6 Å². The van der Waals surface area contributed by atoms with Gasteiger partial charge in [0.1, 0.15) is 0 Å². The van der Waals surface area contributed by atoms with E-state index in [-0.39, 0.29) is 11.6 Å². The minimum absolute atomic E-state index is 0.116. The van der Waals surface area contributed by atoms with Crippen LogP contribution in [0, 0.1) is 13.8 Å². The van der Waals surface area contributed by atoms with E-state index in [4.69, 9.17) is 0 Å².